The molecule has 0 saturated heterocycles. The number of esters is 1. The molecule has 7 nitrogen and oxygen atoms in total. The van der Waals surface area contributed by atoms with Crippen LogP contribution in [0.1, 0.15) is 30.6 Å². The molecule has 0 radical (unpaired) electrons. The highest BCUT2D eigenvalue weighted by atomic mass is 16.5. The summed E-state index contributed by atoms with van der Waals surface area (Å²) in [6.07, 6.45) is 0.287. The van der Waals surface area contributed by atoms with E-state index in [-0.39, 0.29) is 24.5 Å². The monoisotopic (exact) mass is 306 g/mol. The molecule has 1 aromatic rings. The van der Waals surface area contributed by atoms with Crippen LogP contribution >= 0.6 is 0 Å². The Morgan fingerprint density at radius 2 is 2.23 bits per heavy atom. The number of nitrogens with zero attached hydrogens (tertiary/aromatic N) is 1. The summed E-state index contributed by atoms with van der Waals surface area (Å²) in [6, 6.07) is 3.33. The maximum Gasteiger partial charge on any atom is 0.354 e. The predicted octanol–water partition coefficient (Wildman–Crippen LogP) is 2.01. The van der Waals surface area contributed by atoms with Crippen LogP contribution in [0.3, 0.4) is 0 Å². The summed E-state index contributed by atoms with van der Waals surface area (Å²) in [6.45, 7) is 3.83. The molecule has 1 N–H and O–H groups in total. The van der Waals surface area contributed by atoms with Crippen LogP contribution in [-0.2, 0) is 9.53 Å². The van der Waals surface area contributed by atoms with Gasteiger partial charge in [0.25, 0.3) is 0 Å². The number of rotatable bonds is 5. The van der Waals surface area contributed by atoms with Gasteiger partial charge in [0.05, 0.1) is 31.6 Å². The fourth-order valence-electron chi connectivity index (χ4n) is 2.03. The number of fused-ring (bicyclic) bond motifs is 1. The normalized spacial score (nSPS) is 14.0. The Bertz CT molecular complexity index is 625. The van der Waals surface area contributed by atoms with E-state index >= 15 is 0 Å². The van der Waals surface area contributed by atoms with Gasteiger partial charge in [-0.25, -0.2) is 4.79 Å². The Balaban J connectivity index is 2.31. The molecule has 0 aromatic heterocycles. The first-order valence-corrected chi connectivity index (χ1v) is 6.92. The quantitative estimate of drug-likeness (QED) is 0.509. The fraction of sp³-hybridized carbons (Fsp3) is 0.400. The van der Waals surface area contributed by atoms with Crippen LogP contribution in [0.5, 0.6) is 11.5 Å². The Kier molecular flexibility index (Phi) is 4.98. The Hall–Kier alpha value is -2.57. The first-order valence-electron chi connectivity index (χ1n) is 6.92. The van der Waals surface area contributed by atoms with Gasteiger partial charge in [0, 0.05) is 6.42 Å². The Morgan fingerprint density at radius 1 is 1.45 bits per heavy atom. The third kappa shape index (κ3) is 3.19. The van der Waals surface area contributed by atoms with E-state index in [1.165, 1.54) is 14.0 Å². The standard InChI is InChI=1S/C15H18N2O5/c1-4-21-15(19)9(2)16-17-10-5-6-12(20-3)14-13(10)11(18)7-8-22-14/h5-6,17H,4,7-8H2,1-3H3. The third-order valence-corrected chi connectivity index (χ3v) is 3.11. The van der Waals surface area contributed by atoms with Crippen LogP contribution in [0.15, 0.2) is 17.2 Å². The second-order valence-corrected chi connectivity index (χ2v) is 4.57. The highest BCUT2D eigenvalue weighted by molar-refractivity contribution is 6.35. The first kappa shape index (κ1) is 15.8. The van der Waals surface area contributed by atoms with Crippen molar-refractivity contribution < 1.29 is 23.8 Å². The van der Waals surface area contributed by atoms with E-state index in [0.29, 0.717) is 29.4 Å². The van der Waals surface area contributed by atoms with Crippen molar-refractivity contribution in [2.45, 2.75) is 20.3 Å². The van der Waals surface area contributed by atoms with Crippen LogP contribution in [-0.4, -0.2) is 37.8 Å². The molecular formula is C15H18N2O5. The lowest BCUT2D eigenvalue weighted by Gasteiger charge is -2.21. The zero-order chi connectivity index (χ0) is 16.1. The summed E-state index contributed by atoms with van der Waals surface area (Å²) in [5.41, 5.74) is 3.73. The maximum absolute atomic E-state index is 12.1. The second kappa shape index (κ2) is 6.93. The van der Waals surface area contributed by atoms with Gasteiger partial charge in [-0.2, -0.15) is 5.10 Å². The van der Waals surface area contributed by atoms with E-state index in [0.717, 1.165) is 0 Å². The summed E-state index contributed by atoms with van der Waals surface area (Å²) < 4.78 is 15.6. The van der Waals surface area contributed by atoms with Gasteiger partial charge in [0.1, 0.15) is 5.71 Å². The number of carbonyl (C=O) groups excluding carboxylic acids is 2. The minimum absolute atomic E-state index is 0.0633. The number of ketones is 1. The van der Waals surface area contributed by atoms with Crippen LogP contribution in [0, 0.1) is 0 Å². The maximum atomic E-state index is 12.1. The molecule has 2 rings (SSSR count). The molecule has 7 heteroatoms. The minimum Gasteiger partial charge on any atom is -0.493 e. The molecule has 0 saturated carbocycles. The molecule has 0 spiro atoms. The third-order valence-electron chi connectivity index (χ3n) is 3.11. The molecule has 1 aliphatic rings. The number of hydrogen-bond acceptors (Lipinski definition) is 7. The molecule has 0 atom stereocenters. The number of hydrogen-bond donors (Lipinski definition) is 1. The van der Waals surface area contributed by atoms with Crippen LogP contribution in [0.25, 0.3) is 0 Å². The van der Waals surface area contributed by atoms with Crippen molar-refractivity contribution in [1.82, 2.24) is 0 Å². The van der Waals surface area contributed by atoms with Crippen molar-refractivity contribution in [2.75, 3.05) is 25.7 Å². The number of nitrogens with one attached hydrogen (secondary N) is 1. The van der Waals surface area contributed by atoms with Crippen LogP contribution in [0.2, 0.25) is 0 Å². The highest BCUT2D eigenvalue weighted by Crippen LogP contribution is 2.39. The molecule has 0 bridgehead atoms. The summed E-state index contributed by atoms with van der Waals surface area (Å²) in [5, 5.41) is 3.95. The smallest absolute Gasteiger partial charge is 0.354 e. The molecule has 1 aromatic carbocycles. The van der Waals surface area contributed by atoms with Crippen LogP contribution < -0.4 is 14.9 Å². The molecule has 0 unspecified atom stereocenters. The van der Waals surface area contributed by atoms with E-state index in [1.54, 1.807) is 19.1 Å². The summed E-state index contributed by atoms with van der Waals surface area (Å²) >= 11 is 0. The Morgan fingerprint density at radius 3 is 2.91 bits per heavy atom. The molecule has 1 heterocycles. The van der Waals surface area contributed by atoms with Gasteiger partial charge in [0.15, 0.2) is 17.3 Å². The minimum atomic E-state index is -0.514. The van der Waals surface area contributed by atoms with Crippen molar-refractivity contribution in [3.63, 3.8) is 0 Å². The number of methoxy groups -OCH3 is 1. The molecule has 0 aliphatic carbocycles. The number of carbonyl (C=O) groups is 2. The largest absolute Gasteiger partial charge is 0.493 e. The topological polar surface area (TPSA) is 86.2 Å². The lowest BCUT2D eigenvalue weighted by molar-refractivity contribution is -0.135. The number of hydrazone groups is 1. The zero-order valence-electron chi connectivity index (χ0n) is 12.8. The molecule has 0 amide bonds. The van der Waals surface area contributed by atoms with E-state index in [9.17, 15) is 9.59 Å². The Labute approximate surface area is 128 Å². The number of benzene rings is 1. The second-order valence-electron chi connectivity index (χ2n) is 4.57. The van der Waals surface area contributed by atoms with E-state index in [4.69, 9.17) is 14.2 Å². The van der Waals surface area contributed by atoms with Gasteiger partial charge in [-0.1, -0.05) is 0 Å². The highest BCUT2D eigenvalue weighted by Gasteiger charge is 2.25. The van der Waals surface area contributed by atoms with Gasteiger partial charge in [-0.05, 0) is 26.0 Å². The van der Waals surface area contributed by atoms with Gasteiger partial charge in [-0.3, -0.25) is 10.2 Å². The lowest BCUT2D eigenvalue weighted by Crippen LogP contribution is -2.19. The van der Waals surface area contributed by atoms with Gasteiger partial charge in [-0.15, -0.1) is 0 Å². The van der Waals surface area contributed by atoms with Crippen molar-refractivity contribution >= 4 is 23.2 Å². The summed E-state index contributed by atoms with van der Waals surface area (Å²) in [7, 11) is 1.51. The average Bonchev–Trinajstić information content (AvgIpc) is 2.52. The van der Waals surface area contributed by atoms with Gasteiger partial charge in [0.2, 0.25) is 0 Å². The molecule has 118 valence electrons. The lowest BCUT2D eigenvalue weighted by atomic mass is 10.0. The molecular weight excluding hydrogens is 288 g/mol. The van der Waals surface area contributed by atoms with Crippen molar-refractivity contribution in [2.24, 2.45) is 5.10 Å². The number of ether oxygens (including phenoxy) is 3. The summed E-state index contributed by atoms with van der Waals surface area (Å²) in [4.78, 5) is 23.7. The van der Waals surface area contributed by atoms with Gasteiger partial charge >= 0.3 is 5.97 Å². The van der Waals surface area contributed by atoms with E-state index in [1.807, 2.05) is 0 Å². The summed E-state index contributed by atoms with van der Waals surface area (Å²) in [5.74, 6) is 0.305. The van der Waals surface area contributed by atoms with E-state index in [2.05, 4.69) is 10.5 Å². The number of anilines is 1. The van der Waals surface area contributed by atoms with Crippen molar-refractivity contribution in [3.8, 4) is 11.5 Å². The SMILES string of the molecule is CCOC(=O)C(C)=NNc1ccc(OC)c2c1C(=O)CCO2. The van der Waals surface area contributed by atoms with Crippen LogP contribution in [0.4, 0.5) is 5.69 Å². The molecule has 22 heavy (non-hydrogen) atoms. The van der Waals surface area contributed by atoms with Gasteiger partial charge < -0.3 is 14.2 Å². The average molecular weight is 306 g/mol. The predicted molar refractivity (Wildman–Crippen MR) is 80.8 cm³/mol. The fourth-order valence-corrected chi connectivity index (χ4v) is 2.03. The van der Waals surface area contributed by atoms with E-state index < -0.39 is 5.97 Å². The zero-order valence-corrected chi connectivity index (χ0v) is 12.8. The molecule has 1 aliphatic heterocycles. The molecule has 0 fully saturated rings. The van der Waals surface area contributed by atoms with Crippen molar-refractivity contribution in [1.29, 1.82) is 0 Å². The van der Waals surface area contributed by atoms with Crippen molar-refractivity contribution in [3.05, 3.63) is 17.7 Å². The number of Topliss-reactive ketones (excluding diaryl/α,β-unsaturated/α-hetero) is 1. The first-order chi connectivity index (χ1) is 10.6.